The third-order valence-corrected chi connectivity index (χ3v) is 8.15. The molecule has 1 aromatic carbocycles. The van der Waals surface area contributed by atoms with E-state index in [2.05, 4.69) is 25.5 Å². The Morgan fingerprint density at radius 3 is 2.64 bits per heavy atom. The molecule has 0 amide bonds. The molecule has 0 aliphatic heterocycles. The molecule has 3 aromatic heterocycles. The molecule has 206 valence electrons. The molecule has 3 heterocycles. The van der Waals surface area contributed by atoms with E-state index in [0.717, 1.165) is 22.5 Å². The van der Waals surface area contributed by atoms with Crippen LogP contribution in [0.15, 0.2) is 42.7 Å². The molecular formula is C26H26ClF3N6O2S. The van der Waals surface area contributed by atoms with Gasteiger partial charge in [-0.05, 0) is 24.5 Å². The lowest BCUT2D eigenvalue weighted by atomic mass is 10.1. The van der Waals surface area contributed by atoms with E-state index >= 15 is 0 Å². The van der Waals surface area contributed by atoms with Gasteiger partial charge in [-0.2, -0.15) is 13.2 Å². The Labute approximate surface area is 231 Å². The van der Waals surface area contributed by atoms with Crippen molar-refractivity contribution < 1.29 is 23.0 Å². The van der Waals surface area contributed by atoms with Gasteiger partial charge in [-0.15, -0.1) is 21.5 Å². The smallest absolute Gasteiger partial charge is 0.393 e. The van der Waals surface area contributed by atoms with Gasteiger partial charge in [-0.3, -0.25) is 0 Å². The summed E-state index contributed by atoms with van der Waals surface area (Å²) in [6, 6.07) is 10.9. The quantitative estimate of drug-likeness (QED) is 0.300. The molecule has 1 aliphatic rings. The molecule has 0 unspecified atom stereocenters. The summed E-state index contributed by atoms with van der Waals surface area (Å²) in [4.78, 5) is 11.0. The molecule has 0 spiro atoms. The first kappa shape index (κ1) is 27.5. The number of aromatic nitrogens is 4. The number of nitrogens with zero attached hydrogens (tertiary/aromatic N) is 5. The lowest BCUT2D eigenvalue weighted by Crippen LogP contribution is -2.38. The van der Waals surface area contributed by atoms with E-state index in [4.69, 9.17) is 16.3 Å². The van der Waals surface area contributed by atoms with E-state index in [-0.39, 0.29) is 22.1 Å². The third-order valence-electron chi connectivity index (χ3n) is 6.84. The number of aliphatic hydroxyl groups excluding tert-OH is 1. The van der Waals surface area contributed by atoms with Crippen LogP contribution < -0.4 is 15.0 Å². The number of rotatable bonds is 8. The summed E-state index contributed by atoms with van der Waals surface area (Å²) in [5.74, 6) is 0.974. The van der Waals surface area contributed by atoms with Crippen LogP contribution in [0.3, 0.4) is 0 Å². The summed E-state index contributed by atoms with van der Waals surface area (Å²) in [7, 11) is 3.33. The Hall–Kier alpha value is -3.06. The number of hydrogen-bond acceptors (Lipinski definition) is 9. The highest BCUT2D eigenvalue weighted by molar-refractivity contribution is 7.18. The van der Waals surface area contributed by atoms with Crippen molar-refractivity contribution in [3.63, 3.8) is 0 Å². The molecule has 13 heteroatoms. The van der Waals surface area contributed by atoms with Crippen LogP contribution in [0.2, 0.25) is 5.15 Å². The molecule has 0 saturated heterocycles. The highest BCUT2D eigenvalue weighted by atomic mass is 35.5. The Morgan fingerprint density at radius 2 is 1.92 bits per heavy atom. The Balaban J connectivity index is 1.22. The van der Waals surface area contributed by atoms with Crippen LogP contribution in [0.4, 0.5) is 19.0 Å². The molecule has 5 rings (SSSR count). The molecule has 2 N–H and O–H groups in total. The highest BCUT2D eigenvalue weighted by Crippen LogP contribution is 2.36. The van der Waals surface area contributed by atoms with Crippen LogP contribution in [0.5, 0.6) is 5.75 Å². The monoisotopic (exact) mass is 578 g/mol. The number of thiophene rings is 1. The van der Waals surface area contributed by atoms with Crippen molar-refractivity contribution in [3.05, 3.63) is 58.3 Å². The highest BCUT2D eigenvalue weighted by Gasteiger charge is 2.37. The van der Waals surface area contributed by atoms with Gasteiger partial charge in [0.05, 0.1) is 36.8 Å². The van der Waals surface area contributed by atoms with E-state index in [9.17, 15) is 18.3 Å². The van der Waals surface area contributed by atoms with Crippen LogP contribution >= 0.6 is 22.9 Å². The van der Waals surface area contributed by atoms with Crippen LogP contribution in [-0.2, 0) is 13.0 Å². The largest absolute Gasteiger partial charge is 0.493 e. The average molecular weight is 579 g/mol. The number of methoxy groups -OCH3 is 1. The van der Waals surface area contributed by atoms with E-state index < -0.39 is 18.7 Å². The van der Waals surface area contributed by atoms with Gasteiger partial charge >= 0.3 is 6.18 Å². The van der Waals surface area contributed by atoms with Crippen molar-refractivity contribution in [1.82, 2.24) is 25.5 Å². The summed E-state index contributed by atoms with van der Waals surface area (Å²) in [5, 5.41) is 23.2. The lowest BCUT2D eigenvalue weighted by Gasteiger charge is -2.28. The maximum absolute atomic E-state index is 12.9. The van der Waals surface area contributed by atoms with Gasteiger partial charge in [0, 0.05) is 36.1 Å². The number of halogens is 4. The first-order chi connectivity index (χ1) is 18.6. The van der Waals surface area contributed by atoms with Gasteiger partial charge < -0.3 is 20.1 Å². The van der Waals surface area contributed by atoms with Crippen molar-refractivity contribution in [2.45, 2.75) is 50.2 Å². The summed E-state index contributed by atoms with van der Waals surface area (Å²) in [5.41, 5.74) is 2.59. The number of likely N-dealkylation sites (N-methyl/N-ethyl adjacent to an activating group) is 1. The zero-order valence-electron chi connectivity index (χ0n) is 21.1. The number of ether oxygens (including phenoxy) is 1. The fourth-order valence-electron chi connectivity index (χ4n) is 4.89. The standard InChI is InChI=1S/C26H26ClF3N6O2S/c1-36(24-18-9-17(11-26(28,29)30)39-25(18)33-13-32-24)20-7-16(8-21(20)37)31-12-14-3-5-15(6-4-14)19-10-22(38-2)23(27)35-34-19/h3-6,9-10,13,16,20-21,31,37H,7-8,11-12H2,1-2H3/t16-,20+,21-/m1/s1. The minimum Gasteiger partial charge on any atom is -0.493 e. The predicted octanol–water partition coefficient (Wildman–Crippen LogP) is 5.03. The zero-order valence-corrected chi connectivity index (χ0v) is 22.7. The first-order valence-electron chi connectivity index (χ1n) is 12.2. The molecule has 8 nitrogen and oxygen atoms in total. The van der Waals surface area contributed by atoms with E-state index in [1.54, 1.807) is 6.07 Å². The number of alkyl halides is 3. The maximum atomic E-state index is 12.9. The molecule has 4 aromatic rings. The summed E-state index contributed by atoms with van der Waals surface area (Å²) >= 11 is 6.98. The normalized spacial score (nSPS) is 19.5. The second-order valence-electron chi connectivity index (χ2n) is 9.50. The zero-order chi connectivity index (χ0) is 27.7. The second-order valence-corrected chi connectivity index (χ2v) is 11.0. The van der Waals surface area contributed by atoms with Crippen molar-refractivity contribution in [1.29, 1.82) is 0 Å². The van der Waals surface area contributed by atoms with Crippen LogP contribution in [0.1, 0.15) is 23.3 Å². The van der Waals surface area contributed by atoms with Crippen molar-refractivity contribution in [2.24, 2.45) is 0 Å². The number of nitrogens with one attached hydrogen (secondary N) is 1. The number of fused-ring (bicyclic) bond motifs is 1. The Kier molecular flexibility index (Phi) is 7.90. The van der Waals surface area contributed by atoms with E-state index in [1.807, 2.05) is 36.2 Å². The van der Waals surface area contributed by atoms with E-state index in [1.165, 1.54) is 19.5 Å². The van der Waals surface area contributed by atoms with Crippen molar-refractivity contribution in [2.75, 3.05) is 19.1 Å². The average Bonchev–Trinajstić information content (AvgIpc) is 3.48. The molecule has 3 atom stereocenters. The predicted molar refractivity (Wildman–Crippen MR) is 144 cm³/mol. The lowest BCUT2D eigenvalue weighted by molar-refractivity contribution is -0.126. The van der Waals surface area contributed by atoms with Gasteiger partial charge in [0.2, 0.25) is 0 Å². The Bertz CT molecular complexity index is 1450. The minimum absolute atomic E-state index is 0.0547. The van der Waals surface area contributed by atoms with Crippen molar-refractivity contribution >= 4 is 39.0 Å². The molecule has 0 bridgehead atoms. The SMILES string of the molecule is COc1cc(-c2ccc(CN[C@H]3C[C@@H](O)[C@@H](N(C)c4ncnc5sc(CC(F)(F)F)cc45)C3)cc2)nnc1Cl. The molecule has 0 radical (unpaired) electrons. The first-order valence-corrected chi connectivity index (χ1v) is 13.4. The molecular weight excluding hydrogens is 553 g/mol. The van der Waals surface area contributed by atoms with Gasteiger partial charge in [-0.25, -0.2) is 9.97 Å². The molecule has 39 heavy (non-hydrogen) atoms. The second kappa shape index (κ2) is 11.2. The van der Waals surface area contributed by atoms with Gasteiger partial charge in [0.15, 0.2) is 10.9 Å². The van der Waals surface area contributed by atoms with Crippen LogP contribution in [-0.4, -0.2) is 63.8 Å². The summed E-state index contributed by atoms with van der Waals surface area (Å²) < 4.78 is 43.9. The molecule has 1 saturated carbocycles. The summed E-state index contributed by atoms with van der Waals surface area (Å²) in [6.45, 7) is 0.604. The molecule has 1 aliphatic carbocycles. The van der Waals surface area contributed by atoms with Crippen LogP contribution in [0, 0.1) is 0 Å². The van der Waals surface area contributed by atoms with Crippen LogP contribution in [0.25, 0.3) is 21.5 Å². The van der Waals surface area contributed by atoms with Gasteiger partial charge in [0.1, 0.15) is 17.0 Å². The number of aliphatic hydroxyl groups is 1. The Morgan fingerprint density at radius 1 is 1.15 bits per heavy atom. The van der Waals surface area contributed by atoms with Gasteiger partial charge in [0.25, 0.3) is 0 Å². The topological polar surface area (TPSA) is 96.3 Å². The van der Waals surface area contributed by atoms with Crippen molar-refractivity contribution in [3.8, 4) is 17.0 Å². The summed E-state index contributed by atoms with van der Waals surface area (Å²) in [6.07, 6.45) is -3.36. The number of anilines is 1. The molecule has 1 fully saturated rings. The minimum atomic E-state index is -4.29. The fraction of sp³-hybridized carbons (Fsp3) is 0.385. The van der Waals surface area contributed by atoms with E-state index in [0.29, 0.717) is 46.9 Å². The third kappa shape index (κ3) is 6.24. The fourth-order valence-corrected chi connectivity index (χ4v) is 6.08. The van der Waals surface area contributed by atoms with Gasteiger partial charge in [-0.1, -0.05) is 35.9 Å². The number of benzene rings is 1. The maximum Gasteiger partial charge on any atom is 0.393 e. The number of hydrogen-bond donors (Lipinski definition) is 2.